The van der Waals surface area contributed by atoms with Crippen LogP contribution in [0.15, 0.2) is 48.1 Å². The smallest absolute Gasteiger partial charge is 0.335 e. The molecular weight excluding hydrogens is 318 g/mol. The molecule has 1 spiro atoms. The minimum absolute atomic E-state index is 0.126. The molecule has 3 aliphatic rings. The molecule has 5 nitrogen and oxygen atoms in total. The van der Waals surface area contributed by atoms with Gasteiger partial charge in [0.25, 0.3) is 0 Å². The van der Waals surface area contributed by atoms with Gasteiger partial charge in [-0.15, -0.1) is 0 Å². The Labute approximate surface area is 146 Å². The molecule has 1 unspecified atom stereocenters. The average Bonchev–Trinajstić information content (AvgIpc) is 2.77. The average molecular weight is 339 g/mol. The fourth-order valence-corrected chi connectivity index (χ4v) is 3.88. The van der Waals surface area contributed by atoms with Gasteiger partial charge >= 0.3 is 17.8 Å². The number of carbonyl (C=O) groups is 2. The van der Waals surface area contributed by atoms with Gasteiger partial charge in [0.1, 0.15) is 0 Å². The van der Waals surface area contributed by atoms with Gasteiger partial charge < -0.3 is 9.47 Å². The van der Waals surface area contributed by atoms with Gasteiger partial charge in [-0.1, -0.05) is 48.4 Å². The summed E-state index contributed by atoms with van der Waals surface area (Å²) >= 11 is 0. The van der Waals surface area contributed by atoms with Crippen molar-refractivity contribution >= 4 is 18.0 Å². The fraction of sp³-hybridized carbons (Fsp3) is 0.400. The largest absolute Gasteiger partial charge is 0.405 e. The van der Waals surface area contributed by atoms with Crippen LogP contribution in [0.5, 0.6) is 0 Å². The predicted octanol–water partition coefficient (Wildman–Crippen LogP) is 3.03. The summed E-state index contributed by atoms with van der Waals surface area (Å²) in [7, 11) is 0. The highest BCUT2D eigenvalue weighted by Gasteiger charge is 2.56. The van der Waals surface area contributed by atoms with E-state index in [2.05, 4.69) is 18.2 Å². The van der Waals surface area contributed by atoms with Gasteiger partial charge in [-0.25, -0.2) is 14.5 Å². The number of likely N-dealkylation sites (tertiary alicyclic amines) is 1. The molecule has 1 atom stereocenters. The SMILES string of the molecule is O=C1C=CC(=O)OC2(CCN2C2CCCC/C2=C\c2ccccc2)O1. The maximum absolute atomic E-state index is 11.9. The first-order valence-corrected chi connectivity index (χ1v) is 8.83. The first-order valence-electron chi connectivity index (χ1n) is 8.83. The number of nitrogens with zero attached hydrogens (tertiary/aromatic N) is 1. The topological polar surface area (TPSA) is 55.8 Å². The Hall–Kier alpha value is -2.40. The first kappa shape index (κ1) is 16.1. The number of hydrogen-bond acceptors (Lipinski definition) is 5. The van der Waals surface area contributed by atoms with Crippen molar-refractivity contribution in [3.05, 3.63) is 53.6 Å². The van der Waals surface area contributed by atoms with Crippen molar-refractivity contribution in [1.29, 1.82) is 0 Å². The summed E-state index contributed by atoms with van der Waals surface area (Å²) in [6.07, 6.45) is 9.25. The van der Waals surface area contributed by atoms with Gasteiger partial charge in [-0.2, -0.15) is 0 Å². The molecule has 1 aromatic carbocycles. The van der Waals surface area contributed by atoms with Crippen LogP contribution in [0.2, 0.25) is 0 Å². The summed E-state index contributed by atoms with van der Waals surface area (Å²) in [5.74, 6) is -2.30. The molecule has 2 aliphatic heterocycles. The van der Waals surface area contributed by atoms with Crippen LogP contribution in [-0.4, -0.2) is 35.3 Å². The van der Waals surface area contributed by atoms with E-state index in [0.717, 1.165) is 49.9 Å². The quantitative estimate of drug-likeness (QED) is 0.775. The highest BCUT2D eigenvalue weighted by molar-refractivity contribution is 5.93. The lowest BCUT2D eigenvalue weighted by Gasteiger charge is -2.53. The Morgan fingerprint density at radius 1 is 1.04 bits per heavy atom. The Kier molecular flexibility index (Phi) is 4.17. The molecule has 1 saturated carbocycles. The minimum atomic E-state index is -1.24. The van der Waals surface area contributed by atoms with Crippen LogP contribution in [0, 0.1) is 0 Å². The zero-order valence-electron chi connectivity index (χ0n) is 14.0. The third kappa shape index (κ3) is 3.12. The molecule has 2 heterocycles. The molecule has 0 bridgehead atoms. The van der Waals surface area contributed by atoms with Crippen LogP contribution >= 0.6 is 0 Å². The van der Waals surface area contributed by atoms with E-state index in [1.165, 1.54) is 5.57 Å². The van der Waals surface area contributed by atoms with Crippen LogP contribution in [-0.2, 0) is 19.1 Å². The number of esters is 2. The highest BCUT2D eigenvalue weighted by atomic mass is 16.8. The third-order valence-corrected chi connectivity index (χ3v) is 5.13. The molecule has 1 aromatic rings. The van der Waals surface area contributed by atoms with E-state index < -0.39 is 17.8 Å². The lowest BCUT2D eigenvalue weighted by Crippen LogP contribution is -2.67. The zero-order valence-corrected chi connectivity index (χ0v) is 14.0. The van der Waals surface area contributed by atoms with Gasteiger partial charge in [0.2, 0.25) is 0 Å². The lowest BCUT2D eigenvalue weighted by molar-refractivity contribution is -0.333. The molecule has 2 fully saturated rings. The summed E-state index contributed by atoms with van der Waals surface area (Å²) in [5.41, 5.74) is 2.47. The van der Waals surface area contributed by atoms with Crippen LogP contribution in [0.4, 0.5) is 0 Å². The van der Waals surface area contributed by atoms with E-state index in [4.69, 9.17) is 9.47 Å². The summed E-state index contributed by atoms with van der Waals surface area (Å²) in [5, 5.41) is 0. The molecule has 5 heteroatoms. The van der Waals surface area contributed by atoms with E-state index in [9.17, 15) is 9.59 Å². The van der Waals surface area contributed by atoms with Crippen LogP contribution in [0.3, 0.4) is 0 Å². The van der Waals surface area contributed by atoms with E-state index in [-0.39, 0.29) is 6.04 Å². The first-order chi connectivity index (χ1) is 12.2. The van der Waals surface area contributed by atoms with Crippen molar-refractivity contribution in [2.75, 3.05) is 6.54 Å². The second kappa shape index (κ2) is 6.48. The summed E-state index contributed by atoms with van der Waals surface area (Å²) in [6, 6.07) is 10.3. The molecule has 130 valence electrons. The van der Waals surface area contributed by atoms with Gasteiger partial charge in [-0.3, -0.25) is 0 Å². The highest BCUT2D eigenvalue weighted by Crippen LogP contribution is 2.42. The van der Waals surface area contributed by atoms with Crippen molar-refractivity contribution in [3.63, 3.8) is 0 Å². The summed E-state index contributed by atoms with van der Waals surface area (Å²) < 4.78 is 11.0. The van der Waals surface area contributed by atoms with E-state index in [0.29, 0.717) is 6.42 Å². The molecule has 1 saturated heterocycles. The molecule has 0 aromatic heterocycles. The van der Waals surface area contributed by atoms with Crippen molar-refractivity contribution < 1.29 is 19.1 Å². The monoisotopic (exact) mass is 339 g/mol. The molecule has 0 N–H and O–H groups in total. The number of hydrogen-bond donors (Lipinski definition) is 0. The van der Waals surface area contributed by atoms with Gasteiger partial charge in [0, 0.05) is 24.7 Å². The standard InChI is InChI=1S/C20H21NO4/c22-18-10-11-19(23)25-20(24-18)12-13-21(20)17-9-5-4-8-16(17)14-15-6-2-1-3-7-15/h1-3,6-7,10-11,14,17H,4-5,8-9,12-13H2/b16-14+. The number of rotatable bonds is 2. The van der Waals surface area contributed by atoms with Crippen molar-refractivity contribution in [3.8, 4) is 0 Å². The van der Waals surface area contributed by atoms with Crippen LogP contribution in [0.25, 0.3) is 6.08 Å². The van der Waals surface area contributed by atoms with Crippen LogP contribution < -0.4 is 0 Å². The predicted molar refractivity (Wildman–Crippen MR) is 92.1 cm³/mol. The molecular formula is C20H21NO4. The van der Waals surface area contributed by atoms with Gasteiger partial charge in [-0.05, 0) is 24.8 Å². The number of carbonyl (C=O) groups excluding carboxylic acids is 2. The summed E-state index contributed by atoms with van der Waals surface area (Å²) in [4.78, 5) is 25.7. The molecule has 25 heavy (non-hydrogen) atoms. The number of benzene rings is 1. The maximum atomic E-state index is 11.9. The van der Waals surface area contributed by atoms with E-state index >= 15 is 0 Å². The zero-order chi connectivity index (χ0) is 17.3. The lowest BCUT2D eigenvalue weighted by atomic mass is 9.85. The Bertz CT molecular complexity index is 717. The minimum Gasteiger partial charge on any atom is -0.405 e. The second-order valence-corrected chi connectivity index (χ2v) is 6.72. The Morgan fingerprint density at radius 3 is 2.40 bits per heavy atom. The normalized spacial score (nSPS) is 27.5. The van der Waals surface area contributed by atoms with Gasteiger partial charge in [0.05, 0.1) is 6.42 Å². The van der Waals surface area contributed by atoms with Crippen LogP contribution in [0.1, 0.15) is 37.7 Å². The fourth-order valence-electron chi connectivity index (χ4n) is 3.88. The Morgan fingerprint density at radius 2 is 1.76 bits per heavy atom. The second-order valence-electron chi connectivity index (χ2n) is 6.72. The molecule has 4 rings (SSSR count). The van der Waals surface area contributed by atoms with Crippen molar-refractivity contribution in [1.82, 2.24) is 4.90 Å². The molecule has 1 aliphatic carbocycles. The van der Waals surface area contributed by atoms with Crippen molar-refractivity contribution in [2.45, 2.75) is 44.1 Å². The van der Waals surface area contributed by atoms with Gasteiger partial charge in [0.15, 0.2) is 0 Å². The molecule has 0 amide bonds. The third-order valence-electron chi connectivity index (χ3n) is 5.13. The molecule has 0 radical (unpaired) electrons. The number of ether oxygens (including phenoxy) is 2. The Balaban J connectivity index is 1.62. The summed E-state index contributed by atoms with van der Waals surface area (Å²) in [6.45, 7) is 0.747. The van der Waals surface area contributed by atoms with Crippen molar-refractivity contribution in [2.24, 2.45) is 0 Å². The van der Waals surface area contributed by atoms with E-state index in [1.54, 1.807) is 0 Å². The maximum Gasteiger partial charge on any atom is 0.335 e. The van der Waals surface area contributed by atoms with E-state index in [1.807, 2.05) is 23.1 Å².